The van der Waals surface area contributed by atoms with Crippen LogP contribution in [0.2, 0.25) is 0 Å². The second kappa shape index (κ2) is 5.95. The molecule has 0 aromatic heterocycles. The van der Waals surface area contributed by atoms with Gasteiger partial charge in [0.25, 0.3) is 0 Å². The first-order valence-corrected chi connectivity index (χ1v) is 4.73. The molecule has 0 saturated heterocycles. The number of carbonyl (C=O) groups excluding carboxylic acids is 1. The fourth-order valence-corrected chi connectivity index (χ4v) is 0.612. The Kier molecular flexibility index (Phi) is 6.06. The molecule has 0 amide bonds. The third kappa shape index (κ3) is 5.02. The van der Waals surface area contributed by atoms with Gasteiger partial charge in [-0.05, 0) is 13.3 Å². The molecule has 0 aliphatic heterocycles. The Labute approximate surface area is 75.5 Å². The number of alkyl halides is 1. The smallest absolute Gasteiger partial charge is 0.318 e. The first kappa shape index (κ1) is 10.2. The average molecular weight is 256 g/mol. The highest BCUT2D eigenvalue weighted by molar-refractivity contribution is 14.1. The zero-order chi connectivity index (χ0) is 7.98. The number of hydrogen-bond donors (Lipinski definition) is 0. The van der Waals surface area contributed by atoms with Gasteiger partial charge in [0.1, 0.15) is 3.92 Å². The maximum atomic E-state index is 10.8. The summed E-state index contributed by atoms with van der Waals surface area (Å²) < 4.78 is 4.88. The molecule has 0 saturated carbocycles. The van der Waals surface area contributed by atoms with Gasteiger partial charge in [-0.25, -0.2) is 0 Å². The van der Waals surface area contributed by atoms with Gasteiger partial charge in [0.15, 0.2) is 0 Å². The van der Waals surface area contributed by atoms with Crippen molar-refractivity contribution in [1.82, 2.24) is 0 Å². The lowest BCUT2D eigenvalue weighted by atomic mass is 10.4. The Balaban J connectivity index is 3.22. The molecule has 0 rings (SSSR count). The number of hydrogen-bond acceptors (Lipinski definition) is 2. The first-order chi connectivity index (χ1) is 4.68. The quantitative estimate of drug-likeness (QED) is 0.333. The summed E-state index contributed by atoms with van der Waals surface area (Å²) in [5.74, 6) is -0.103. The molecule has 2 nitrogen and oxygen atoms in total. The van der Waals surface area contributed by atoms with Crippen molar-refractivity contribution in [1.29, 1.82) is 0 Å². The van der Waals surface area contributed by atoms with Crippen LogP contribution in [0.3, 0.4) is 0 Å². The van der Waals surface area contributed by atoms with Crippen molar-refractivity contribution in [3.05, 3.63) is 0 Å². The fourth-order valence-electron chi connectivity index (χ4n) is 0.432. The number of ether oxygens (including phenoxy) is 1. The van der Waals surface area contributed by atoms with Gasteiger partial charge in [-0.1, -0.05) is 35.9 Å². The summed E-state index contributed by atoms with van der Waals surface area (Å²) >= 11 is 2.05. The Hall–Kier alpha value is 0.200. The lowest BCUT2D eigenvalue weighted by Gasteiger charge is -2.03. The molecule has 60 valence electrons. The van der Waals surface area contributed by atoms with E-state index in [1.54, 1.807) is 0 Å². The fraction of sp³-hybridized carbons (Fsp3) is 0.857. The van der Waals surface area contributed by atoms with Crippen LogP contribution >= 0.6 is 22.6 Å². The number of unbranched alkanes of at least 4 members (excludes halogenated alkanes) is 1. The number of carbonyl (C=O) groups is 1. The van der Waals surface area contributed by atoms with E-state index in [0.29, 0.717) is 6.61 Å². The molecule has 0 aromatic rings. The van der Waals surface area contributed by atoms with Crippen molar-refractivity contribution in [2.24, 2.45) is 0 Å². The monoisotopic (exact) mass is 256 g/mol. The van der Waals surface area contributed by atoms with Crippen LogP contribution in [0.25, 0.3) is 0 Å². The van der Waals surface area contributed by atoms with Crippen LogP contribution in [0.1, 0.15) is 26.7 Å². The first-order valence-electron chi connectivity index (χ1n) is 3.49. The molecule has 0 bridgehead atoms. The Morgan fingerprint density at radius 1 is 1.70 bits per heavy atom. The minimum Gasteiger partial charge on any atom is -0.465 e. The normalized spacial score (nSPS) is 12.7. The number of rotatable bonds is 4. The molecule has 0 aromatic carbocycles. The van der Waals surface area contributed by atoms with E-state index in [9.17, 15) is 4.79 Å². The van der Waals surface area contributed by atoms with E-state index in [0.717, 1.165) is 12.8 Å². The molecule has 0 unspecified atom stereocenters. The van der Waals surface area contributed by atoms with Gasteiger partial charge in [0, 0.05) is 0 Å². The van der Waals surface area contributed by atoms with Crippen molar-refractivity contribution >= 4 is 28.6 Å². The summed E-state index contributed by atoms with van der Waals surface area (Å²) in [5, 5.41) is 0. The second-order valence-corrected chi connectivity index (χ2v) is 4.01. The predicted molar refractivity (Wildman–Crippen MR) is 49.3 cm³/mol. The summed E-state index contributed by atoms with van der Waals surface area (Å²) in [4.78, 5) is 10.8. The van der Waals surface area contributed by atoms with Crippen molar-refractivity contribution in [2.75, 3.05) is 6.61 Å². The summed E-state index contributed by atoms with van der Waals surface area (Å²) in [6.07, 6.45) is 2.04. The molecule has 1 atom stereocenters. The lowest BCUT2D eigenvalue weighted by Crippen LogP contribution is -2.14. The third-order valence-electron chi connectivity index (χ3n) is 1.07. The maximum absolute atomic E-state index is 10.8. The van der Waals surface area contributed by atoms with Gasteiger partial charge < -0.3 is 4.74 Å². The van der Waals surface area contributed by atoms with Crippen LogP contribution in [0.15, 0.2) is 0 Å². The Morgan fingerprint density at radius 3 is 2.70 bits per heavy atom. The molecule has 0 heterocycles. The molecule has 0 spiro atoms. The lowest BCUT2D eigenvalue weighted by molar-refractivity contribution is -0.142. The summed E-state index contributed by atoms with van der Waals surface area (Å²) in [7, 11) is 0. The van der Waals surface area contributed by atoms with E-state index in [-0.39, 0.29) is 9.89 Å². The van der Waals surface area contributed by atoms with Crippen molar-refractivity contribution < 1.29 is 9.53 Å². The highest BCUT2D eigenvalue weighted by atomic mass is 127. The van der Waals surface area contributed by atoms with Gasteiger partial charge in [-0.3, -0.25) is 4.79 Å². The Bertz CT molecular complexity index is 102. The van der Waals surface area contributed by atoms with E-state index in [4.69, 9.17) is 4.74 Å². The van der Waals surface area contributed by atoms with Gasteiger partial charge in [0.05, 0.1) is 6.61 Å². The van der Waals surface area contributed by atoms with Crippen LogP contribution < -0.4 is 0 Å². The SMILES string of the molecule is CCCCOC(=O)[C@H](C)I. The Morgan fingerprint density at radius 2 is 2.30 bits per heavy atom. The van der Waals surface area contributed by atoms with Crippen LogP contribution in [0, 0.1) is 0 Å². The van der Waals surface area contributed by atoms with E-state index < -0.39 is 0 Å². The predicted octanol–water partition coefficient (Wildman–Crippen LogP) is 2.15. The molecule has 10 heavy (non-hydrogen) atoms. The van der Waals surface area contributed by atoms with Crippen LogP contribution in [0.5, 0.6) is 0 Å². The van der Waals surface area contributed by atoms with Crippen LogP contribution in [-0.2, 0) is 9.53 Å². The molecule has 3 heteroatoms. The zero-order valence-corrected chi connectivity index (χ0v) is 8.55. The van der Waals surface area contributed by atoms with Crippen LogP contribution in [0.4, 0.5) is 0 Å². The number of halogens is 1. The molecule has 0 aliphatic carbocycles. The topological polar surface area (TPSA) is 26.3 Å². The van der Waals surface area contributed by atoms with Gasteiger partial charge in [-0.15, -0.1) is 0 Å². The number of esters is 1. The zero-order valence-electron chi connectivity index (χ0n) is 6.39. The molecule has 0 N–H and O–H groups in total. The molecular weight excluding hydrogens is 243 g/mol. The molecule has 0 fully saturated rings. The highest BCUT2D eigenvalue weighted by Crippen LogP contribution is 2.01. The van der Waals surface area contributed by atoms with E-state index in [1.165, 1.54) is 0 Å². The molecular formula is C7H13IO2. The van der Waals surface area contributed by atoms with Gasteiger partial charge in [-0.2, -0.15) is 0 Å². The minimum atomic E-state index is -0.103. The van der Waals surface area contributed by atoms with Crippen molar-refractivity contribution in [2.45, 2.75) is 30.6 Å². The van der Waals surface area contributed by atoms with E-state index in [1.807, 2.05) is 29.5 Å². The molecule has 0 radical (unpaired) electrons. The van der Waals surface area contributed by atoms with Crippen molar-refractivity contribution in [3.63, 3.8) is 0 Å². The van der Waals surface area contributed by atoms with E-state index >= 15 is 0 Å². The minimum absolute atomic E-state index is 0.0190. The summed E-state index contributed by atoms with van der Waals surface area (Å²) in [5.41, 5.74) is 0. The van der Waals surface area contributed by atoms with Crippen LogP contribution in [-0.4, -0.2) is 16.5 Å². The average Bonchev–Trinajstić information content (AvgIpc) is 1.88. The van der Waals surface area contributed by atoms with Gasteiger partial charge >= 0.3 is 5.97 Å². The highest BCUT2D eigenvalue weighted by Gasteiger charge is 2.08. The van der Waals surface area contributed by atoms with Crippen molar-refractivity contribution in [3.8, 4) is 0 Å². The third-order valence-corrected chi connectivity index (χ3v) is 1.58. The second-order valence-electron chi connectivity index (χ2n) is 2.14. The standard InChI is InChI=1S/C7H13IO2/c1-3-4-5-10-7(9)6(2)8/h6H,3-5H2,1-2H3/t6-/m0/s1. The van der Waals surface area contributed by atoms with Gasteiger partial charge in [0.2, 0.25) is 0 Å². The van der Waals surface area contributed by atoms with E-state index in [2.05, 4.69) is 6.92 Å². The largest absolute Gasteiger partial charge is 0.465 e. The molecule has 0 aliphatic rings. The maximum Gasteiger partial charge on any atom is 0.318 e. The summed E-state index contributed by atoms with van der Waals surface area (Å²) in [6.45, 7) is 4.47. The summed E-state index contributed by atoms with van der Waals surface area (Å²) in [6, 6.07) is 0.